The van der Waals surface area contributed by atoms with Gasteiger partial charge in [-0.25, -0.2) is 0 Å². The van der Waals surface area contributed by atoms with E-state index in [0.29, 0.717) is 16.9 Å². The van der Waals surface area contributed by atoms with Crippen LogP contribution in [0.2, 0.25) is 0 Å². The topological polar surface area (TPSA) is 46.5 Å². The van der Waals surface area contributed by atoms with E-state index in [4.69, 9.17) is 4.74 Å². The van der Waals surface area contributed by atoms with Crippen LogP contribution in [-0.4, -0.2) is 17.0 Å². The van der Waals surface area contributed by atoms with Crippen molar-refractivity contribution in [3.63, 3.8) is 0 Å². The Morgan fingerprint density at radius 3 is 1.50 bits per heavy atom. The zero-order valence-corrected chi connectivity index (χ0v) is 32.4. The van der Waals surface area contributed by atoms with Crippen LogP contribution in [0, 0.1) is 0 Å². The molecular weight excluding hydrogens is 637 g/mol. The van der Waals surface area contributed by atoms with Gasteiger partial charge in [-0.15, -0.1) is 0 Å². The van der Waals surface area contributed by atoms with Crippen molar-refractivity contribution in [2.24, 2.45) is 0 Å². The van der Waals surface area contributed by atoms with E-state index in [2.05, 4.69) is 107 Å². The van der Waals surface area contributed by atoms with Crippen molar-refractivity contribution in [3.8, 4) is 22.3 Å². The number of fused-ring (bicyclic) bond motifs is 6. The molecule has 0 amide bonds. The van der Waals surface area contributed by atoms with Crippen molar-refractivity contribution in [2.75, 3.05) is 0 Å². The van der Waals surface area contributed by atoms with E-state index >= 15 is 0 Å². The highest BCUT2D eigenvalue weighted by Gasteiger charge is 2.58. The molecule has 4 aromatic carbocycles. The summed E-state index contributed by atoms with van der Waals surface area (Å²) in [7, 11) is 0. The molecule has 0 aliphatic heterocycles. The zero-order chi connectivity index (χ0) is 36.7. The number of unbranched alkanes of at least 4 members (excludes halogenated alkanes) is 4. The SMILES string of the molecule is CCCCC1(CCCC)c2ccccc2-c2ccc(C3=C(OC(C)C)C(O)(c4ccc5c(c4)C(CCCC)(CCCC)c4ccccc4-5)C3=O)cc21. The van der Waals surface area contributed by atoms with E-state index in [1.807, 2.05) is 19.9 Å². The third kappa shape index (κ3) is 5.53. The fraction of sp³-hybridized carbons (Fsp3) is 0.449. The van der Waals surface area contributed by atoms with E-state index in [1.165, 1.54) is 44.5 Å². The lowest BCUT2D eigenvalue weighted by atomic mass is 9.66. The summed E-state index contributed by atoms with van der Waals surface area (Å²) in [6.45, 7) is 13.0. The summed E-state index contributed by atoms with van der Waals surface area (Å²) in [5.41, 5.74) is 10.4. The van der Waals surface area contributed by atoms with E-state index in [9.17, 15) is 9.90 Å². The minimum Gasteiger partial charge on any atom is -0.491 e. The number of carbonyl (C=O) groups excluding carboxylic acids is 1. The van der Waals surface area contributed by atoms with Crippen LogP contribution in [0.3, 0.4) is 0 Å². The number of hydrogen-bond acceptors (Lipinski definition) is 3. The molecule has 0 spiro atoms. The number of benzene rings is 4. The Kier molecular flexibility index (Phi) is 10.1. The summed E-state index contributed by atoms with van der Waals surface area (Å²) in [5.74, 6) is 0.119. The molecule has 0 radical (unpaired) electrons. The summed E-state index contributed by atoms with van der Waals surface area (Å²) in [6.07, 6.45) is 13.1. The lowest BCUT2D eigenvalue weighted by Crippen LogP contribution is -2.49. The molecule has 7 rings (SSSR count). The Hall–Kier alpha value is -3.95. The highest BCUT2D eigenvalue weighted by molar-refractivity contribution is 6.33. The van der Waals surface area contributed by atoms with Gasteiger partial charge in [0.05, 0.1) is 11.7 Å². The number of hydrogen-bond donors (Lipinski definition) is 1. The fourth-order valence-corrected chi connectivity index (χ4v) is 9.94. The van der Waals surface area contributed by atoms with Crippen molar-refractivity contribution < 1.29 is 14.6 Å². The molecule has 272 valence electrons. The Morgan fingerprint density at radius 2 is 1.02 bits per heavy atom. The van der Waals surface area contributed by atoms with Crippen LogP contribution in [0.4, 0.5) is 0 Å². The molecule has 1 N–H and O–H groups in total. The van der Waals surface area contributed by atoms with Crippen molar-refractivity contribution in [3.05, 3.63) is 124 Å². The van der Waals surface area contributed by atoms with Crippen molar-refractivity contribution >= 4 is 11.4 Å². The molecule has 3 aliphatic rings. The zero-order valence-electron chi connectivity index (χ0n) is 32.4. The van der Waals surface area contributed by atoms with E-state index in [-0.39, 0.29) is 22.7 Å². The lowest BCUT2D eigenvalue weighted by Gasteiger charge is -2.41. The molecular formula is C49H58O3. The summed E-state index contributed by atoms with van der Waals surface area (Å²) in [6, 6.07) is 30.6. The fourth-order valence-electron chi connectivity index (χ4n) is 9.94. The van der Waals surface area contributed by atoms with Gasteiger partial charge in [0.1, 0.15) is 0 Å². The van der Waals surface area contributed by atoms with E-state index in [1.54, 1.807) is 0 Å². The smallest absolute Gasteiger partial charge is 0.211 e. The first kappa shape index (κ1) is 36.4. The molecule has 0 heterocycles. The number of carbonyl (C=O) groups is 1. The molecule has 1 atom stereocenters. The molecule has 0 bridgehead atoms. The average Bonchev–Trinajstić information content (AvgIpc) is 3.60. The van der Waals surface area contributed by atoms with Crippen LogP contribution in [-0.2, 0) is 26.0 Å². The van der Waals surface area contributed by atoms with Gasteiger partial charge in [-0.1, -0.05) is 158 Å². The van der Waals surface area contributed by atoms with Crippen LogP contribution in [0.25, 0.3) is 27.8 Å². The minimum atomic E-state index is -1.84. The van der Waals surface area contributed by atoms with Crippen molar-refractivity contribution in [1.82, 2.24) is 0 Å². The van der Waals surface area contributed by atoms with Crippen LogP contribution in [0.5, 0.6) is 0 Å². The van der Waals surface area contributed by atoms with E-state index in [0.717, 1.165) is 82.6 Å². The monoisotopic (exact) mass is 694 g/mol. The molecule has 0 fully saturated rings. The quantitative estimate of drug-likeness (QED) is 0.127. The van der Waals surface area contributed by atoms with Gasteiger partial charge >= 0.3 is 0 Å². The number of ketones is 1. The second-order valence-corrected chi connectivity index (χ2v) is 16.1. The van der Waals surface area contributed by atoms with E-state index < -0.39 is 5.60 Å². The van der Waals surface area contributed by atoms with Gasteiger partial charge in [-0.05, 0) is 101 Å². The maximum atomic E-state index is 14.7. The molecule has 0 saturated carbocycles. The Bertz CT molecular complexity index is 1980. The minimum absolute atomic E-state index is 0.0913. The standard InChI is InChI=1S/C49H58O3/c1-7-11-27-47(28-12-8-2)40-21-17-15-19-36(40)38-25-23-34(31-42(38)47)44-45(50)49(51,46(44)52-33(5)6)35-24-26-39-37-20-16-18-22-41(37)48(29-13-9-3,30-14-10-4)43(39)32-35/h15-26,31-33,51H,7-14,27-30H2,1-6H3. The summed E-state index contributed by atoms with van der Waals surface area (Å²) in [5, 5.41) is 12.7. The van der Waals surface area contributed by atoms with Crippen LogP contribution in [0.15, 0.2) is 90.7 Å². The maximum Gasteiger partial charge on any atom is 0.211 e. The van der Waals surface area contributed by atoms with Gasteiger partial charge < -0.3 is 9.84 Å². The summed E-state index contributed by atoms with van der Waals surface area (Å²) in [4.78, 5) is 14.7. The van der Waals surface area contributed by atoms with Gasteiger partial charge in [0.2, 0.25) is 11.4 Å². The predicted octanol–water partition coefficient (Wildman–Crippen LogP) is 12.6. The summed E-state index contributed by atoms with van der Waals surface area (Å²) >= 11 is 0. The lowest BCUT2D eigenvalue weighted by molar-refractivity contribution is -0.138. The normalized spacial score (nSPS) is 19.0. The first-order chi connectivity index (χ1) is 25.2. The Balaban J connectivity index is 1.37. The predicted molar refractivity (Wildman–Crippen MR) is 215 cm³/mol. The Morgan fingerprint density at radius 1 is 0.577 bits per heavy atom. The maximum absolute atomic E-state index is 14.7. The van der Waals surface area contributed by atoms with Gasteiger partial charge in [0.15, 0.2) is 5.76 Å². The highest BCUT2D eigenvalue weighted by atomic mass is 16.5. The van der Waals surface area contributed by atoms with Gasteiger partial charge in [-0.3, -0.25) is 4.79 Å². The van der Waals surface area contributed by atoms with Crippen LogP contribution >= 0.6 is 0 Å². The van der Waals surface area contributed by atoms with Crippen LogP contribution in [0.1, 0.15) is 152 Å². The molecule has 0 saturated heterocycles. The second kappa shape index (κ2) is 14.5. The van der Waals surface area contributed by atoms with Crippen molar-refractivity contribution in [1.29, 1.82) is 0 Å². The number of aliphatic hydroxyl groups is 1. The van der Waals surface area contributed by atoms with Gasteiger partial charge in [0.25, 0.3) is 0 Å². The largest absolute Gasteiger partial charge is 0.491 e. The first-order valence-electron chi connectivity index (χ1n) is 20.4. The third-order valence-corrected chi connectivity index (χ3v) is 12.5. The summed E-state index contributed by atoms with van der Waals surface area (Å²) < 4.78 is 6.53. The second-order valence-electron chi connectivity index (χ2n) is 16.1. The molecule has 3 nitrogen and oxygen atoms in total. The number of Topliss-reactive ketones (excluding diaryl/α,β-unsaturated/α-hetero) is 1. The molecule has 3 heteroatoms. The molecule has 52 heavy (non-hydrogen) atoms. The molecule has 1 unspecified atom stereocenters. The van der Waals surface area contributed by atoms with Crippen molar-refractivity contribution in [2.45, 2.75) is 141 Å². The van der Waals surface area contributed by atoms with Crippen LogP contribution < -0.4 is 0 Å². The first-order valence-corrected chi connectivity index (χ1v) is 20.4. The molecule has 4 aromatic rings. The molecule has 0 aromatic heterocycles. The van der Waals surface area contributed by atoms with Gasteiger partial charge in [-0.2, -0.15) is 0 Å². The Labute approximate surface area is 312 Å². The number of rotatable bonds is 16. The average molecular weight is 695 g/mol. The number of ether oxygens (including phenoxy) is 1. The molecule has 3 aliphatic carbocycles. The third-order valence-electron chi connectivity index (χ3n) is 12.5. The van der Waals surface area contributed by atoms with Gasteiger partial charge in [0, 0.05) is 10.8 Å². The highest BCUT2D eigenvalue weighted by Crippen LogP contribution is 2.58.